The number of likely N-dealkylation sites (tertiary alicyclic amines) is 1. The molecule has 0 aliphatic carbocycles. The summed E-state index contributed by atoms with van der Waals surface area (Å²) in [5.74, 6) is 0.787. The summed E-state index contributed by atoms with van der Waals surface area (Å²) in [6.45, 7) is 7.83. The topological polar surface area (TPSA) is 49.6 Å². The van der Waals surface area contributed by atoms with Crippen LogP contribution in [-0.4, -0.2) is 47.9 Å². The van der Waals surface area contributed by atoms with Gasteiger partial charge in [-0.25, -0.2) is 0 Å². The maximum atomic E-state index is 12.7. The standard InChI is InChI=1S/C18H29N3O.ClH/c1-3-20(13-16-9-5-4-6-10-16)18(22)14-21-11-7-8-15(2)17(21)12-19;/h4-6,9-10,15,17H,3,7-8,11-14,19H2,1-2H3;1H. The Morgan fingerprint density at radius 2 is 2.04 bits per heavy atom. The predicted molar refractivity (Wildman–Crippen MR) is 97.6 cm³/mol. The van der Waals surface area contributed by atoms with Crippen molar-refractivity contribution < 1.29 is 4.79 Å². The molecule has 2 N–H and O–H groups in total. The molecule has 1 amide bonds. The molecule has 1 heterocycles. The number of halogens is 1. The summed E-state index contributed by atoms with van der Waals surface area (Å²) in [4.78, 5) is 16.9. The minimum absolute atomic E-state index is 0. The van der Waals surface area contributed by atoms with Crippen LogP contribution >= 0.6 is 12.4 Å². The van der Waals surface area contributed by atoms with E-state index in [4.69, 9.17) is 5.73 Å². The highest BCUT2D eigenvalue weighted by atomic mass is 35.5. The van der Waals surface area contributed by atoms with Gasteiger partial charge in [-0.05, 0) is 37.8 Å². The van der Waals surface area contributed by atoms with E-state index in [0.29, 0.717) is 31.6 Å². The van der Waals surface area contributed by atoms with Gasteiger partial charge in [0.15, 0.2) is 0 Å². The molecule has 5 heteroatoms. The molecule has 0 saturated carbocycles. The molecule has 1 aromatic carbocycles. The van der Waals surface area contributed by atoms with E-state index in [9.17, 15) is 4.79 Å². The number of piperidine rings is 1. The first-order chi connectivity index (χ1) is 10.7. The fourth-order valence-corrected chi connectivity index (χ4v) is 3.37. The van der Waals surface area contributed by atoms with Crippen molar-refractivity contribution >= 4 is 18.3 Å². The third kappa shape index (κ3) is 5.48. The lowest BCUT2D eigenvalue weighted by Gasteiger charge is -2.39. The largest absolute Gasteiger partial charge is 0.338 e. The molecule has 1 saturated heterocycles. The summed E-state index contributed by atoms with van der Waals surface area (Å²) < 4.78 is 0. The zero-order chi connectivity index (χ0) is 15.9. The van der Waals surface area contributed by atoms with Crippen molar-refractivity contribution in [3.63, 3.8) is 0 Å². The molecule has 1 aliphatic rings. The molecule has 4 nitrogen and oxygen atoms in total. The summed E-state index contributed by atoms with van der Waals surface area (Å²) in [6.07, 6.45) is 2.38. The van der Waals surface area contributed by atoms with Crippen LogP contribution in [0, 0.1) is 5.92 Å². The summed E-state index contributed by atoms with van der Waals surface area (Å²) in [6, 6.07) is 10.5. The van der Waals surface area contributed by atoms with Gasteiger partial charge in [0.05, 0.1) is 6.54 Å². The lowest BCUT2D eigenvalue weighted by atomic mass is 9.91. The van der Waals surface area contributed by atoms with Crippen molar-refractivity contribution in [2.75, 3.05) is 26.2 Å². The molecule has 0 bridgehead atoms. The molecule has 1 aliphatic heterocycles. The Morgan fingerprint density at radius 1 is 1.35 bits per heavy atom. The van der Waals surface area contributed by atoms with Gasteiger partial charge in [-0.2, -0.15) is 0 Å². The molecule has 0 radical (unpaired) electrons. The fraction of sp³-hybridized carbons (Fsp3) is 0.611. The highest BCUT2D eigenvalue weighted by molar-refractivity contribution is 5.85. The lowest BCUT2D eigenvalue weighted by Crippen LogP contribution is -2.52. The van der Waals surface area contributed by atoms with Crippen molar-refractivity contribution in [3.05, 3.63) is 35.9 Å². The first kappa shape index (κ1) is 19.9. The van der Waals surface area contributed by atoms with E-state index >= 15 is 0 Å². The average molecular weight is 340 g/mol. The molecular formula is C18H30ClN3O. The molecular weight excluding hydrogens is 310 g/mol. The van der Waals surface area contributed by atoms with Crippen LogP contribution in [0.15, 0.2) is 30.3 Å². The molecule has 23 heavy (non-hydrogen) atoms. The summed E-state index contributed by atoms with van der Waals surface area (Å²) in [5, 5.41) is 0. The van der Waals surface area contributed by atoms with Crippen LogP contribution in [0.5, 0.6) is 0 Å². The fourth-order valence-electron chi connectivity index (χ4n) is 3.37. The molecule has 1 aromatic rings. The number of carbonyl (C=O) groups excluding carboxylic acids is 1. The van der Waals surface area contributed by atoms with Crippen molar-refractivity contribution in [3.8, 4) is 0 Å². The van der Waals surface area contributed by atoms with Gasteiger partial charge in [0.25, 0.3) is 0 Å². The second-order valence-corrected chi connectivity index (χ2v) is 6.29. The van der Waals surface area contributed by atoms with E-state index in [1.807, 2.05) is 30.0 Å². The number of nitrogens with zero attached hydrogens (tertiary/aromatic N) is 2. The number of nitrogens with two attached hydrogens (primary N) is 1. The van der Waals surface area contributed by atoms with Crippen LogP contribution in [0.2, 0.25) is 0 Å². The van der Waals surface area contributed by atoms with Gasteiger partial charge in [-0.1, -0.05) is 37.3 Å². The monoisotopic (exact) mass is 339 g/mol. The SMILES string of the molecule is CCN(Cc1ccccc1)C(=O)CN1CCCC(C)C1CN.Cl. The van der Waals surface area contributed by atoms with E-state index in [0.717, 1.165) is 19.5 Å². The van der Waals surface area contributed by atoms with Crippen LogP contribution in [-0.2, 0) is 11.3 Å². The Hall–Kier alpha value is -1.10. The van der Waals surface area contributed by atoms with Crippen LogP contribution < -0.4 is 5.73 Å². The Bertz CT molecular complexity index is 469. The second-order valence-electron chi connectivity index (χ2n) is 6.29. The van der Waals surface area contributed by atoms with Crippen LogP contribution in [0.4, 0.5) is 0 Å². The lowest BCUT2D eigenvalue weighted by molar-refractivity contribution is -0.134. The van der Waals surface area contributed by atoms with Gasteiger partial charge in [-0.3, -0.25) is 9.69 Å². The zero-order valence-corrected chi connectivity index (χ0v) is 15.1. The number of likely N-dealkylation sites (N-methyl/N-ethyl adjacent to an activating group) is 1. The van der Waals surface area contributed by atoms with Crippen LogP contribution in [0.1, 0.15) is 32.3 Å². The van der Waals surface area contributed by atoms with Crippen LogP contribution in [0.3, 0.4) is 0 Å². The number of amides is 1. The minimum Gasteiger partial charge on any atom is -0.338 e. The molecule has 130 valence electrons. The molecule has 0 spiro atoms. The third-order valence-corrected chi connectivity index (χ3v) is 4.76. The Kier molecular flexibility index (Phi) is 8.59. The Labute approximate surface area is 146 Å². The Balaban J connectivity index is 0.00000264. The molecule has 2 rings (SSSR count). The maximum Gasteiger partial charge on any atom is 0.237 e. The van der Waals surface area contributed by atoms with E-state index in [1.165, 1.54) is 12.0 Å². The van der Waals surface area contributed by atoms with Crippen molar-refractivity contribution in [2.45, 2.75) is 39.3 Å². The van der Waals surface area contributed by atoms with Crippen molar-refractivity contribution in [2.24, 2.45) is 11.7 Å². The van der Waals surface area contributed by atoms with E-state index in [1.54, 1.807) is 0 Å². The first-order valence-electron chi connectivity index (χ1n) is 8.41. The van der Waals surface area contributed by atoms with Gasteiger partial charge in [0, 0.05) is 25.7 Å². The van der Waals surface area contributed by atoms with Gasteiger partial charge >= 0.3 is 0 Å². The number of hydrogen-bond acceptors (Lipinski definition) is 3. The average Bonchev–Trinajstić information content (AvgIpc) is 2.53. The zero-order valence-electron chi connectivity index (χ0n) is 14.3. The molecule has 2 atom stereocenters. The van der Waals surface area contributed by atoms with Crippen molar-refractivity contribution in [1.29, 1.82) is 0 Å². The third-order valence-electron chi connectivity index (χ3n) is 4.76. The summed E-state index contributed by atoms with van der Waals surface area (Å²) in [5.41, 5.74) is 7.11. The highest BCUT2D eigenvalue weighted by Crippen LogP contribution is 2.22. The van der Waals surface area contributed by atoms with Gasteiger partial charge in [-0.15, -0.1) is 12.4 Å². The maximum absolute atomic E-state index is 12.7. The predicted octanol–water partition coefficient (Wildman–Crippen LogP) is 2.52. The highest BCUT2D eigenvalue weighted by Gasteiger charge is 2.29. The normalized spacial score (nSPS) is 21.5. The van der Waals surface area contributed by atoms with Gasteiger partial charge < -0.3 is 10.6 Å². The quantitative estimate of drug-likeness (QED) is 0.866. The minimum atomic E-state index is 0. The Morgan fingerprint density at radius 3 is 2.65 bits per heavy atom. The number of hydrogen-bond donors (Lipinski definition) is 1. The summed E-state index contributed by atoms with van der Waals surface area (Å²) in [7, 11) is 0. The molecule has 1 fully saturated rings. The first-order valence-corrected chi connectivity index (χ1v) is 8.41. The smallest absolute Gasteiger partial charge is 0.237 e. The van der Waals surface area contributed by atoms with E-state index in [-0.39, 0.29) is 18.3 Å². The summed E-state index contributed by atoms with van der Waals surface area (Å²) >= 11 is 0. The number of benzene rings is 1. The second kappa shape index (κ2) is 9.91. The number of rotatable bonds is 6. The molecule has 0 aromatic heterocycles. The van der Waals surface area contributed by atoms with Gasteiger partial charge in [0.1, 0.15) is 0 Å². The van der Waals surface area contributed by atoms with Gasteiger partial charge in [0.2, 0.25) is 5.91 Å². The van der Waals surface area contributed by atoms with E-state index in [2.05, 4.69) is 24.0 Å². The number of carbonyl (C=O) groups is 1. The van der Waals surface area contributed by atoms with E-state index < -0.39 is 0 Å². The van der Waals surface area contributed by atoms with Crippen molar-refractivity contribution in [1.82, 2.24) is 9.80 Å². The molecule has 2 unspecified atom stereocenters. The van der Waals surface area contributed by atoms with Crippen LogP contribution in [0.25, 0.3) is 0 Å².